The summed E-state index contributed by atoms with van der Waals surface area (Å²) in [6.07, 6.45) is -4.82. The van der Waals surface area contributed by atoms with E-state index in [1.54, 1.807) is 4.90 Å². The van der Waals surface area contributed by atoms with Gasteiger partial charge in [-0.15, -0.1) is 0 Å². The third kappa shape index (κ3) is 4.22. The zero-order valence-corrected chi connectivity index (χ0v) is 12.5. The number of amides is 1. The van der Waals surface area contributed by atoms with E-state index < -0.39 is 29.7 Å². The number of ether oxygens (including phenoxy) is 1. The van der Waals surface area contributed by atoms with Crippen LogP contribution in [-0.2, 0) is 20.5 Å². The van der Waals surface area contributed by atoms with Gasteiger partial charge in [0.15, 0.2) is 0 Å². The largest absolute Gasteiger partial charge is 0.463 e. The van der Waals surface area contributed by atoms with E-state index >= 15 is 0 Å². The monoisotopic (exact) mass is 330 g/mol. The minimum absolute atomic E-state index is 0.251. The van der Waals surface area contributed by atoms with Crippen molar-refractivity contribution in [2.75, 3.05) is 25.0 Å². The summed E-state index contributed by atoms with van der Waals surface area (Å²) in [6, 6.07) is 3.94. The third-order valence-corrected chi connectivity index (χ3v) is 3.63. The zero-order chi connectivity index (χ0) is 17.0. The van der Waals surface area contributed by atoms with Gasteiger partial charge < -0.3 is 10.1 Å². The predicted octanol–water partition coefficient (Wildman–Crippen LogP) is 2.28. The van der Waals surface area contributed by atoms with Gasteiger partial charge in [0, 0.05) is 6.54 Å². The van der Waals surface area contributed by atoms with Crippen molar-refractivity contribution in [3.63, 3.8) is 0 Å². The number of anilines is 1. The quantitative estimate of drug-likeness (QED) is 0.861. The van der Waals surface area contributed by atoms with Crippen molar-refractivity contribution < 1.29 is 27.5 Å². The van der Waals surface area contributed by atoms with Crippen molar-refractivity contribution in [1.29, 1.82) is 0 Å². The molecule has 0 saturated carbocycles. The highest BCUT2D eigenvalue weighted by molar-refractivity contribution is 5.95. The molecule has 1 saturated heterocycles. The number of para-hydroxylation sites is 1. The van der Waals surface area contributed by atoms with Gasteiger partial charge >= 0.3 is 12.1 Å². The maximum Gasteiger partial charge on any atom is 0.418 e. The topological polar surface area (TPSA) is 58.6 Å². The van der Waals surface area contributed by atoms with Gasteiger partial charge in [0.25, 0.3) is 0 Å². The van der Waals surface area contributed by atoms with Crippen molar-refractivity contribution in [2.24, 2.45) is 0 Å². The molecule has 0 bridgehead atoms. The van der Waals surface area contributed by atoms with Crippen LogP contribution in [0.25, 0.3) is 0 Å². The maximum absolute atomic E-state index is 12.9. The second kappa shape index (κ2) is 6.99. The number of morpholine rings is 1. The van der Waals surface area contributed by atoms with Crippen molar-refractivity contribution in [3.05, 3.63) is 29.8 Å². The summed E-state index contributed by atoms with van der Waals surface area (Å²) in [5, 5.41) is 2.24. The molecule has 0 aliphatic carbocycles. The van der Waals surface area contributed by atoms with E-state index in [1.165, 1.54) is 18.2 Å². The Labute approximate surface area is 131 Å². The SMILES string of the molecule is CCN1CCOC(=O)[C@@H]1CC(=O)Nc1ccccc1C(F)(F)F. The molecule has 23 heavy (non-hydrogen) atoms. The fourth-order valence-corrected chi connectivity index (χ4v) is 2.47. The Kier molecular flexibility index (Phi) is 5.25. The van der Waals surface area contributed by atoms with Crippen LogP contribution in [0.3, 0.4) is 0 Å². The van der Waals surface area contributed by atoms with E-state index in [1.807, 2.05) is 6.92 Å². The summed E-state index contributed by atoms with van der Waals surface area (Å²) in [6.45, 7) is 3.13. The van der Waals surface area contributed by atoms with Gasteiger partial charge in [-0.2, -0.15) is 13.2 Å². The first-order chi connectivity index (χ1) is 10.8. The van der Waals surface area contributed by atoms with Crippen molar-refractivity contribution in [2.45, 2.75) is 25.6 Å². The van der Waals surface area contributed by atoms with Crippen LogP contribution in [0.1, 0.15) is 18.9 Å². The summed E-state index contributed by atoms with van der Waals surface area (Å²) in [7, 11) is 0. The molecular weight excluding hydrogens is 313 g/mol. The molecule has 5 nitrogen and oxygen atoms in total. The number of nitrogens with one attached hydrogen (secondary N) is 1. The second-order valence-corrected chi connectivity index (χ2v) is 5.11. The summed E-state index contributed by atoms with van der Waals surface area (Å²) in [4.78, 5) is 25.6. The molecule has 1 aromatic rings. The number of nitrogens with zero attached hydrogens (tertiary/aromatic N) is 1. The molecule has 1 N–H and O–H groups in total. The normalized spacial score (nSPS) is 19.3. The number of hydrogen-bond donors (Lipinski definition) is 1. The summed E-state index contributed by atoms with van der Waals surface area (Å²) < 4.78 is 43.6. The van der Waals surface area contributed by atoms with Crippen LogP contribution in [-0.4, -0.2) is 42.5 Å². The summed E-state index contributed by atoms with van der Waals surface area (Å²) in [5.41, 5.74) is -1.25. The van der Waals surface area contributed by atoms with Crippen LogP contribution in [0.15, 0.2) is 24.3 Å². The first kappa shape index (κ1) is 17.3. The molecule has 1 aliphatic rings. The highest BCUT2D eigenvalue weighted by atomic mass is 19.4. The van der Waals surface area contributed by atoms with Gasteiger partial charge in [-0.1, -0.05) is 19.1 Å². The molecule has 1 aromatic carbocycles. The zero-order valence-electron chi connectivity index (χ0n) is 12.5. The molecule has 1 heterocycles. The van der Waals surface area contributed by atoms with Crippen molar-refractivity contribution in [3.8, 4) is 0 Å². The number of cyclic esters (lactones) is 1. The number of alkyl halides is 3. The van der Waals surface area contributed by atoms with Crippen LogP contribution in [0.4, 0.5) is 18.9 Å². The number of hydrogen-bond acceptors (Lipinski definition) is 4. The third-order valence-electron chi connectivity index (χ3n) is 3.63. The van der Waals surface area contributed by atoms with E-state index in [4.69, 9.17) is 4.74 Å². The van der Waals surface area contributed by atoms with E-state index in [2.05, 4.69) is 5.32 Å². The average Bonchev–Trinajstić information content (AvgIpc) is 2.48. The number of carbonyl (C=O) groups is 2. The molecule has 1 fully saturated rings. The highest BCUT2D eigenvalue weighted by Crippen LogP contribution is 2.34. The van der Waals surface area contributed by atoms with Crippen LogP contribution in [0.2, 0.25) is 0 Å². The summed E-state index contributed by atoms with van der Waals surface area (Å²) in [5.74, 6) is -1.19. The Morgan fingerprint density at radius 2 is 2.09 bits per heavy atom. The van der Waals surface area contributed by atoms with Crippen molar-refractivity contribution >= 4 is 17.6 Å². The van der Waals surface area contributed by atoms with Gasteiger partial charge in [0.1, 0.15) is 12.6 Å². The number of likely N-dealkylation sites (N-methyl/N-ethyl adjacent to an activating group) is 1. The lowest BCUT2D eigenvalue weighted by molar-refractivity contribution is -0.158. The van der Waals surface area contributed by atoms with Crippen LogP contribution < -0.4 is 5.32 Å². The lowest BCUT2D eigenvalue weighted by atomic mass is 10.1. The molecule has 0 radical (unpaired) electrons. The van der Waals surface area contributed by atoms with E-state index in [0.29, 0.717) is 13.1 Å². The van der Waals surface area contributed by atoms with E-state index in [9.17, 15) is 22.8 Å². The average molecular weight is 330 g/mol. The molecule has 0 unspecified atom stereocenters. The maximum atomic E-state index is 12.9. The Morgan fingerprint density at radius 1 is 1.39 bits per heavy atom. The van der Waals surface area contributed by atoms with E-state index in [0.717, 1.165) is 6.07 Å². The van der Waals surface area contributed by atoms with Crippen molar-refractivity contribution in [1.82, 2.24) is 4.90 Å². The smallest absolute Gasteiger partial charge is 0.418 e. The Bertz CT molecular complexity index is 590. The fourth-order valence-electron chi connectivity index (χ4n) is 2.47. The Balaban J connectivity index is 2.09. The molecule has 0 spiro atoms. The molecule has 1 amide bonds. The number of rotatable bonds is 4. The van der Waals surface area contributed by atoms with Crippen LogP contribution >= 0.6 is 0 Å². The van der Waals surface area contributed by atoms with Crippen LogP contribution in [0, 0.1) is 0 Å². The van der Waals surface area contributed by atoms with E-state index in [-0.39, 0.29) is 18.7 Å². The summed E-state index contributed by atoms with van der Waals surface area (Å²) >= 11 is 0. The second-order valence-electron chi connectivity index (χ2n) is 5.11. The van der Waals surface area contributed by atoms with Crippen LogP contribution in [0.5, 0.6) is 0 Å². The highest BCUT2D eigenvalue weighted by Gasteiger charge is 2.35. The number of esters is 1. The molecule has 1 aliphatic heterocycles. The molecule has 0 aromatic heterocycles. The molecule has 1 atom stereocenters. The first-order valence-electron chi connectivity index (χ1n) is 7.19. The lowest BCUT2D eigenvalue weighted by Crippen LogP contribution is -2.50. The standard InChI is InChI=1S/C15H17F3N2O3/c1-2-20-7-8-23-14(22)12(20)9-13(21)19-11-6-4-3-5-10(11)15(16,17)18/h3-6,12H,2,7-9H2,1H3,(H,19,21)/t12-/m0/s1. The molecule has 126 valence electrons. The van der Waals surface area contributed by atoms with Gasteiger partial charge in [0.2, 0.25) is 5.91 Å². The van der Waals surface area contributed by atoms with Gasteiger partial charge in [-0.25, -0.2) is 0 Å². The van der Waals surface area contributed by atoms with Gasteiger partial charge in [0.05, 0.1) is 17.7 Å². The van der Waals surface area contributed by atoms with Gasteiger partial charge in [-0.3, -0.25) is 14.5 Å². The molecule has 2 rings (SSSR count). The lowest BCUT2D eigenvalue weighted by Gasteiger charge is -2.32. The fraction of sp³-hybridized carbons (Fsp3) is 0.467. The number of carbonyl (C=O) groups excluding carboxylic acids is 2. The first-order valence-corrected chi connectivity index (χ1v) is 7.19. The molecular formula is C15H17F3N2O3. The number of halogens is 3. The molecule has 8 heteroatoms. The number of benzene rings is 1. The predicted molar refractivity (Wildman–Crippen MR) is 76.7 cm³/mol. The Morgan fingerprint density at radius 3 is 2.74 bits per heavy atom. The Hall–Kier alpha value is -2.09. The van der Waals surface area contributed by atoms with Gasteiger partial charge in [-0.05, 0) is 18.7 Å². The minimum atomic E-state index is -4.57. The minimum Gasteiger partial charge on any atom is -0.463 e.